The van der Waals surface area contributed by atoms with E-state index in [1.165, 1.54) is 6.07 Å². The minimum Gasteiger partial charge on any atom is -0.406 e. The van der Waals surface area contributed by atoms with Gasteiger partial charge in [0.1, 0.15) is 5.75 Å². The molecule has 0 bridgehead atoms. The first-order valence-electron chi connectivity index (χ1n) is 4.57. The number of halogens is 4. The first-order chi connectivity index (χ1) is 7.92. The zero-order chi connectivity index (χ0) is 12.9. The van der Waals surface area contributed by atoms with Crippen LogP contribution in [0.15, 0.2) is 18.2 Å². The fourth-order valence-electron chi connectivity index (χ4n) is 1.01. The summed E-state index contributed by atoms with van der Waals surface area (Å²) in [5.41, 5.74) is 0.384. The molecule has 0 fully saturated rings. The van der Waals surface area contributed by atoms with Crippen LogP contribution in [-0.4, -0.2) is 18.1 Å². The average molecular weight is 265 g/mol. The van der Waals surface area contributed by atoms with Crippen molar-refractivity contribution in [2.45, 2.75) is 12.8 Å². The van der Waals surface area contributed by atoms with Gasteiger partial charge in [-0.3, -0.25) is 0 Å². The van der Waals surface area contributed by atoms with E-state index in [9.17, 15) is 13.2 Å². The summed E-state index contributed by atoms with van der Waals surface area (Å²) in [6.45, 7) is -0.0834. The summed E-state index contributed by atoms with van der Waals surface area (Å²) in [4.78, 5) is 0. The molecule has 0 aliphatic heterocycles. The van der Waals surface area contributed by atoms with E-state index < -0.39 is 12.1 Å². The molecule has 0 spiro atoms. The van der Waals surface area contributed by atoms with Crippen molar-refractivity contribution in [1.29, 1.82) is 0 Å². The second-order valence-corrected chi connectivity index (χ2v) is 3.37. The third-order valence-corrected chi connectivity index (χ3v) is 1.95. The van der Waals surface area contributed by atoms with Gasteiger partial charge in [-0.2, -0.15) is 0 Å². The van der Waals surface area contributed by atoms with E-state index in [-0.39, 0.29) is 18.1 Å². The van der Waals surface area contributed by atoms with Crippen molar-refractivity contribution < 1.29 is 23.0 Å². The average Bonchev–Trinajstić information content (AvgIpc) is 2.19. The molecule has 0 heterocycles. The molecule has 0 unspecified atom stereocenters. The van der Waals surface area contributed by atoms with Crippen molar-refractivity contribution >= 4 is 11.6 Å². The monoisotopic (exact) mass is 264 g/mol. The van der Waals surface area contributed by atoms with E-state index in [1.54, 1.807) is 0 Å². The smallest absolute Gasteiger partial charge is 0.406 e. The van der Waals surface area contributed by atoms with Gasteiger partial charge in [-0.15, -0.1) is 13.2 Å². The summed E-state index contributed by atoms with van der Waals surface area (Å²) in [5, 5.41) is 8.57. The van der Waals surface area contributed by atoms with Gasteiger partial charge < -0.3 is 9.84 Å². The van der Waals surface area contributed by atoms with E-state index in [1.807, 2.05) is 0 Å². The fraction of sp³-hybridized carbons (Fsp3) is 0.273. The fourth-order valence-corrected chi connectivity index (χ4v) is 1.23. The molecular formula is C11H8ClF3O2. The van der Waals surface area contributed by atoms with Crippen molar-refractivity contribution in [3.63, 3.8) is 0 Å². The molecule has 0 atom stereocenters. The van der Waals surface area contributed by atoms with Gasteiger partial charge in [-0.25, -0.2) is 0 Å². The zero-order valence-electron chi connectivity index (χ0n) is 8.51. The molecule has 0 saturated heterocycles. The molecular weight excluding hydrogens is 257 g/mol. The summed E-state index contributed by atoms with van der Waals surface area (Å²) in [7, 11) is 0. The number of aliphatic hydroxyl groups excluding tert-OH is 1. The number of alkyl halides is 3. The minimum atomic E-state index is -4.74. The molecule has 0 aliphatic carbocycles. The van der Waals surface area contributed by atoms with Crippen LogP contribution in [0.5, 0.6) is 5.75 Å². The van der Waals surface area contributed by atoms with E-state index in [4.69, 9.17) is 16.7 Å². The number of hydrogen-bond donors (Lipinski definition) is 1. The van der Waals surface area contributed by atoms with Crippen LogP contribution in [0.1, 0.15) is 12.0 Å². The topological polar surface area (TPSA) is 29.5 Å². The molecule has 0 radical (unpaired) electrons. The molecule has 1 rings (SSSR count). The Labute approximate surface area is 101 Å². The van der Waals surface area contributed by atoms with Gasteiger partial charge in [-0.05, 0) is 12.1 Å². The van der Waals surface area contributed by atoms with Gasteiger partial charge >= 0.3 is 6.36 Å². The van der Waals surface area contributed by atoms with Gasteiger partial charge in [0.2, 0.25) is 0 Å². The molecule has 0 aliphatic rings. The van der Waals surface area contributed by atoms with Crippen LogP contribution >= 0.6 is 11.6 Å². The van der Waals surface area contributed by atoms with Crippen LogP contribution in [0.2, 0.25) is 5.02 Å². The van der Waals surface area contributed by atoms with E-state index in [2.05, 4.69) is 16.6 Å². The number of benzene rings is 1. The summed E-state index contributed by atoms with van der Waals surface area (Å²) in [5.74, 6) is 4.84. The minimum absolute atomic E-state index is 0.0668. The summed E-state index contributed by atoms with van der Waals surface area (Å²) >= 11 is 5.72. The molecule has 2 nitrogen and oxygen atoms in total. The van der Waals surface area contributed by atoms with Crippen LogP contribution < -0.4 is 4.74 Å². The Morgan fingerprint density at radius 2 is 2.06 bits per heavy atom. The maximum Gasteiger partial charge on any atom is 0.573 e. The Balaban J connectivity index is 2.84. The Bertz CT molecular complexity index is 446. The molecule has 1 aromatic carbocycles. The highest BCUT2D eigenvalue weighted by atomic mass is 35.5. The van der Waals surface area contributed by atoms with Crippen LogP contribution in [-0.2, 0) is 0 Å². The number of rotatable bonds is 2. The molecule has 6 heteroatoms. The first-order valence-corrected chi connectivity index (χ1v) is 4.95. The standard InChI is InChI=1S/C11H8ClF3O2/c12-10-7-9(17-11(13,14)15)5-4-8(10)3-1-2-6-16/h4-5,7,16H,2,6H2. The second kappa shape index (κ2) is 5.80. The Hall–Kier alpha value is -1.38. The molecule has 92 valence electrons. The lowest BCUT2D eigenvalue weighted by molar-refractivity contribution is -0.274. The van der Waals surface area contributed by atoms with Crippen molar-refractivity contribution in [2.75, 3.05) is 6.61 Å². The highest BCUT2D eigenvalue weighted by Gasteiger charge is 2.31. The Kier molecular flexibility index (Phi) is 4.67. The molecule has 1 N–H and O–H groups in total. The van der Waals surface area contributed by atoms with Crippen molar-refractivity contribution in [3.8, 4) is 17.6 Å². The maximum atomic E-state index is 11.9. The molecule has 17 heavy (non-hydrogen) atoms. The quantitative estimate of drug-likeness (QED) is 0.832. The normalized spacial score (nSPS) is 10.6. The third-order valence-electron chi connectivity index (χ3n) is 1.63. The zero-order valence-corrected chi connectivity index (χ0v) is 9.27. The van der Waals surface area contributed by atoms with Gasteiger partial charge in [0.15, 0.2) is 0 Å². The number of ether oxygens (including phenoxy) is 1. The predicted molar refractivity (Wildman–Crippen MR) is 56.7 cm³/mol. The first kappa shape index (κ1) is 13.7. The molecule has 0 saturated carbocycles. The predicted octanol–water partition coefficient (Wildman–Crippen LogP) is 2.97. The van der Waals surface area contributed by atoms with Crippen LogP contribution in [0.3, 0.4) is 0 Å². The van der Waals surface area contributed by atoms with E-state index in [0.717, 1.165) is 12.1 Å². The summed E-state index contributed by atoms with van der Waals surface area (Å²) in [6, 6.07) is 3.49. The maximum absolute atomic E-state index is 11.9. The van der Waals surface area contributed by atoms with E-state index in [0.29, 0.717) is 5.56 Å². The van der Waals surface area contributed by atoms with Crippen molar-refractivity contribution in [1.82, 2.24) is 0 Å². The number of hydrogen-bond acceptors (Lipinski definition) is 2. The van der Waals surface area contributed by atoms with Crippen LogP contribution in [0.4, 0.5) is 13.2 Å². The lowest BCUT2D eigenvalue weighted by Crippen LogP contribution is -2.17. The summed E-state index contributed by atoms with van der Waals surface area (Å²) in [6.07, 6.45) is -4.47. The van der Waals surface area contributed by atoms with E-state index >= 15 is 0 Å². The highest BCUT2D eigenvalue weighted by Crippen LogP contribution is 2.27. The lowest BCUT2D eigenvalue weighted by atomic mass is 10.2. The highest BCUT2D eigenvalue weighted by molar-refractivity contribution is 6.31. The summed E-state index contributed by atoms with van der Waals surface area (Å²) < 4.78 is 39.4. The molecule has 0 aromatic heterocycles. The van der Waals surface area contributed by atoms with Gasteiger partial charge in [-0.1, -0.05) is 23.4 Å². The van der Waals surface area contributed by atoms with Gasteiger partial charge in [0, 0.05) is 18.1 Å². The van der Waals surface area contributed by atoms with Crippen LogP contribution in [0, 0.1) is 11.8 Å². The second-order valence-electron chi connectivity index (χ2n) is 2.96. The van der Waals surface area contributed by atoms with Crippen LogP contribution in [0.25, 0.3) is 0 Å². The SMILES string of the molecule is OCCC#Cc1ccc(OC(F)(F)F)cc1Cl. The Morgan fingerprint density at radius 3 is 2.59 bits per heavy atom. The molecule has 0 amide bonds. The van der Waals surface area contributed by atoms with Crippen molar-refractivity contribution in [2.24, 2.45) is 0 Å². The van der Waals surface area contributed by atoms with Gasteiger partial charge in [0.25, 0.3) is 0 Å². The largest absolute Gasteiger partial charge is 0.573 e. The Morgan fingerprint density at radius 1 is 1.35 bits per heavy atom. The van der Waals surface area contributed by atoms with Gasteiger partial charge in [0.05, 0.1) is 11.6 Å². The van der Waals surface area contributed by atoms with Crippen molar-refractivity contribution in [3.05, 3.63) is 28.8 Å². The number of aliphatic hydroxyl groups is 1. The third kappa shape index (κ3) is 4.98. The lowest BCUT2D eigenvalue weighted by Gasteiger charge is -2.09. The molecule has 1 aromatic rings.